The van der Waals surface area contributed by atoms with Crippen LogP contribution in [0.3, 0.4) is 0 Å². The van der Waals surface area contributed by atoms with Gasteiger partial charge in [0, 0.05) is 175 Å². The summed E-state index contributed by atoms with van der Waals surface area (Å²) in [5.74, 6) is -4.37. The fraction of sp³-hybridized carbons (Fsp3) is 0.182. The number of furan rings is 3. The van der Waals surface area contributed by atoms with Crippen LogP contribution < -0.4 is 0 Å². The average molecular weight is 2060 g/mol. The second-order valence-electron chi connectivity index (χ2n) is 25.3. The summed E-state index contributed by atoms with van der Waals surface area (Å²) in [5.41, 5.74) is 11.0. The second-order valence-corrected chi connectivity index (χ2v) is 25.3. The second kappa shape index (κ2) is 38.7. The summed E-state index contributed by atoms with van der Waals surface area (Å²) < 4.78 is 265. The van der Waals surface area contributed by atoms with Gasteiger partial charge < -0.3 is 43.2 Å². The van der Waals surface area contributed by atoms with Crippen LogP contribution in [0.2, 0.25) is 0 Å². The van der Waals surface area contributed by atoms with Crippen LogP contribution in [0.4, 0.5) is 0 Å². The van der Waals surface area contributed by atoms with Crippen LogP contribution in [-0.2, 0) is 60.3 Å². The third-order valence-electron chi connectivity index (χ3n) is 17.2. The smallest absolute Gasteiger partial charge is 0.216 e. The van der Waals surface area contributed by atoms with Crippen LogP contribution in [0.1, 0.15) is 161 Å². The zero-order chi connectivity index (χ0) is 105. The molecule has 0 bridgehead atoms. The average Bonchev–Trinajstić information content (AvgIpc) is 1.54. The first-order valence-electron chi connectivity index (χ1n) is 50.4. The van der Waals surface area contributed by atoms with Gasteiger partial charge in [-0.05, 0) is 184 Å². The molecular formula is C99H87Ir3N9O3-6. The largest absolute Gasteiger partial charge is 0.486 e. The molecule has 0 aliphatic heterocycles. The number of hydrogen-bond acceptors (Lipinski definition) is 12. The quantitative estimate of drug-likeness (QED) is 0.133. The van der Waals surface area contributed by atoms with Crippen molar-refractivity contribution >= 4 is 66.2 Å². The Morgan fingerprint density at radius 3 is 1.26 bits per heavy atom. The van der Waals surface area contributed by atoms with Crippen LogP contribution in [0.25, 0.3) is 134 Å². The van der Waals surface area contributed by atoms with E-state index in [-0.39, 0.29) is 172 Å². The van der Waals surface area contributed by atoms with Gasteiger partial charge in [0.1, 0.15) is 0 Å². The first-order chi connectivity index (χ1) is 66.4. The predicted octanol–water partition coefficient (Wildman–Crippen LogP) is 25.1. The number of benzene rings is 6. The first-order valence-corrected chi connectivity index (χ1v) is 34.4. The maximum atomic E-state index is 8.39. The third kappa shape index (κ3) is 19.8. The summed E-state index contributed by atoms with van der Waals surface area (Å²) in [6.45, 7) is -15.1. The summed E-state index contributed by atoms with van der Waals surface area (Å²) in [7, 11) is 0. The summed E-state index contributed by atoms with van der Waals surface area (Å²) >= 11 is 0. The molecule has 0 N–H and O–H groups in total. The molecular weight excluding hydrogens is 1940 g/mol. The molecule has 0 amide bonds. The van der Waals surface area contributed by atoms with E-state index in [2.05, 4.69) is 81.3 Å². The zero-order valence-corrected chi connectivity index (χ0v) is 68.8. The van der Waals surface area contributed by atoms with E-state index >= 15 is 0 Å². The van der Waals surface area contributed by atoms with Gasteiger partial charge >= 0.3 is 0 Å². The van der Waals surface area contributed by atoms with Crippen LogP contribution in [-0.4, -0.2) is 44.9 Å². The van der Waals surface area contributed by atoms with Gasteiger partial charge in [-0.25, -0.2) is 15.0 Å². The Morgan fingerprint density at radius 2 is 0.789 bits per heavy atom. The molecule has 18 aromatic rings. The van der Waals surface area contributed by atoms with E-state index in [4.69, 9.17) is 57.1 Å². The molecule has 114 heavy (non-hydrogen) atoms. The summed E-state index contributed by atoms with van der Waals surface area (Å²) in [6, 6.07) is 71.0. The molecule has 2 unspecified atom stereocenters. The van der Waals surface area contributed by atoms with Crippen molar-refractivity contribution in [3.63, 3.8) is 0 Å². The number of aryl methyl sites for hydroxylation is 12. The minimum atomic E-state index is -2.81. The van der Waals surface area contributed by atoms with Crippen molar-refractivity contribution < 1.29 is 117 Å². The number of rotatable bonds is 8. The number of pyridine rings is 9. The molecule has 12 aromatic heterocycles. The van der Waals surface area contributed by atoms with Gasteiger partial charge in [-0.1, -0.05) is 146 Å². The molecule has 0 aliphatic rings. The molecule has 3 radical (unpaired) electrons. The van der Waals surface area contributed by atoms with E-state index in [1.54, 1.807) is 111 Å². The van der Waals surface area contributed by atoms with Crippen LogP contribution in [0.15, 0.2) is 238 Å². The Morgan fingerprint density at radius 1 is 0.333 bits per heavy atom. The third-order valence-corrected chi connectivity index (χ3v) is 17.2. The van der Waals surface area contributed by atoms with Crippen molar-refractivity contribution in [3.05, 3.63) is 340 Å². The molecule has 18 rings (SSSR count). The molecule has 12 nitrogen and oxygen atoms in total. The van der Waals surface area contributed by atoms with Gasteiger partial charge in [-0.3, -0.25) is 0 Å². The number of nitrogens with zero attached hydrogens (tertiary/aromatic N) is 9. The SMILES string of the molecule is [2H]C([2H])([2H])c1cc(-c2[c-]cc(C([2H])([2H])[2H])c3c2oc2nc(C)ccc23)ncc1C([2H])(C)C([2H])([2H])[2H].[2H]C([2H])([2H])c1cc(-c2[c-]ccc3c2oc2nc(C)cc(C)c23)ncc1C([2H])(C)C([2H])([2H])[2H].[2H]C([2H])([2H])c1cc(C)nc2oc3c(-c4ccccn4)[c-]cc(C([2H])([2H])[2H])c3c12.[2H]C([2H])([2H])c1ccc(-c2[c-]cccc2)nc1.[2H]C([2H])([2H])c1ccc(-c2[c-]cccc2)nc1.[2H]C([2H])([2H])c1ccc(-c2[c-]cccc2)nc1.[Ir].[Ir].[Ir]. The molecule has 15 heteroatoms. The van der Waals surface area contributed by atoms with Crippen LogP contribution in [0, 0.1) is 119 Å². The van der Waals surface area contributed by atoms with Crippen molar-refractivity contribution in [2.24, 2.45) is 0 Å². The minimum Gasteiger partial charge on any atom is -0.486 e. The fourth-order valence-electron chi connectivity index (χ4n) is 12.0. The molecule has 0 saturated carbocycles. The van der Waals surface area contributed by atoms with Gasteiger partial charge in [0.2, 0.25) is 17.1 Å². The molecule has 0 fully saturated rings. The topological polar surface area (TPSA) is 155 Å². The molecule has 579 valence electrons. The number of aromatic nitrogens is 9. The predicted molar refractivity (Wildman–Crippen MR) is 451 cm³/mol. The monoisotopic (exact) mass is 2060 g/mol. The minimum absolute atomic E-state index is 0. The van der Waals surface area contributed by atoms with Gasteiger partial charge in [0.05, 0.1) is 16.7 Å². The summed E-state index contributed by atoms with van der Waals surface area (Å²) in [6.07, 6.45) is 8.01. The molecule has 2 atom stereocenters. The first kappa shape index (κ1) is 51.7. The van der Waals surface area contributed by atoms with E-state index in [1.807, 2.05) is 80.6 Å². The van der Waals surface area contributed by atoms with Gasteiger partial charge in [0.15, 0.2) is 0 Å². The Labute approximate surface area is 754 Å². The van der Waals surface area contributed by atoms with Crippen LogP contribution in [0.5, 0.6) is 0 Å². The molecule has 0 spiro atoms. The van der Waals surface area contributed by atoms with E-state index in [0.29, 0.717) is 44.9 Å². The Bertz CT molecular complexity index is 7400. The maximum Gasteiger partial charge on any atom is 0.216 e. The fourth-order valence-corrected chi connectivity index (χ4v) is 12.0. The van der Waals surface area contributed by atoms with Crippen molar-refractivity contribution in [1.82, 2.24) is 44.9 Å². The van der Waals surface area contributed by atoms with E-state index in [9.17, 15) is 0 Å². The van der Waals surface area contributed by atoms with Crippen molar-refractivity contribution in [2.75, 3.05) is 0 Å². The summed E-state index contributed by atoms with van der Waals surface area (Å²) in [5, 5.41) is 2.82. The Balaban J connectivity index is 0.000000184. The van der Waals surface area contributed by atoms with Crippen molar-refractivity contribution in [3.8, 4) is 67.5 Å². The molecule has 6 aromatic carbocycles. The standard InChI is InChI=1S/2C22H21N2O.C19H15N2O.3C12H10N.3Ir/c1-12(2)18-11-23-19(10-14(18)4)16-8-6-13(3)20-17-9-7-15(5)24-22(17)25-21(16)20;1-12(2)18-11-23-19(10-13(18)3)16-7-6-8-17-20-14(4)9-15(5)24-22(20)25-21(16)17;1-11-7-8-14(15-6-4-5-9-20-15)18-16(11)17-12(2)10-13(3)21-19(17)22-18;3*1-10-7-8-12(13-9-10)11-5-3-2-4-6-11;;;/h6-7,9-12H,1-5H3;6,8-12H,1-5H3;4-7,9-10H,1-3H3;3*2-5,7-9H,1H3;;;/q6*-1;;;/i1D3,3D3,4D3,12D;1D3,3D3,12D;1D3,2D3;3*1D3;;;. The number of hydrogen-bond donors (Lipinski definition) is 0. The van der Waals surface area contributed by atoms with Gasteiger partial charge in [-0.2, -0.15) is 0 Å². The van der Waals surface area contributed by atoms with Crippen molar-refractivity contribution in [1.29, 1.82) is 0 Å². The number of fused-ring (bicyclic) bond motifs is 9. The van der Waals surface area contributed by atoms with Crippen molar-refractivity contribution in [2.45, 2.75) is 122 Å². The van der Waals surface area contributed by atoms with E-state index < -0.39 is 80.3 Å². The maximum absolute atomic E-state index is 8.39. The summed E-state index contributed by atoms with van der Waals surface area (Å²) in [4.78, 5) is 38.4. The van der Waals surface area contributed by atoms with E-state index in [1.165, 1.54) is 62.0 Å². The Kier molecular flexibility index (Phi) is 17.5. The Hall–Kier alpha value is -11.0. The van der Waals surface area contributed by atoms with Gasteiger partial charge in [0.25, 0.3) is 0 Å². The van der Waals surface area contributed by atoms with Gasteiger partial charge in [-0.15, -0.1) is 161 Å². The normalized spacial score (nSPS) is 17.0. The molecule has 12 heterocycles. The van der Waals surface area contributed by atoms with Crippen LogP contribution >= 0.6 is 0 Å². The molecule has 0 aliphatic carbocycles. The van der Waals surface area contributed by atoms with E-state index in [0.717, 1.165) is 68.9 Å². The molecule has 0 saturated heterocycles. The zero-order valence-electron chi connectivity index (χ0n) is 93.6.